The molecule has 1 unspecified atom stereocenters. The first kappa shape index (κ1) is 22.0. The molecule has 0 aliphatic carbocycles. The summed E-state index contributed by atoms with van der Waals surface area (Å²) >= 11 is 1.37. The van der Waals surface area contributed by atoms with Gasteiger partial charge in [0.2, 0.25) is 0 Å². The number of ether oxygens (including phenoxy) is 2. The molecule has 2 N–H and O–H groups in total. The molecule has 0 spiro atoms. The molecule has 4 rings (SSSR count). The van der Waals surface area contributed by atoms with E-state index in [2.05, 4.69) is 10.3 Å². The highest BCUT2D eigenvalue weighted by atomic mass is 32.1. The molecule has 7 heteroatoms. The van der Waals surface area contributed by atoms with Gasteiger partial charge in [0.15, 0.2) is 0 Å². The number of benzene rings is 2. The van der Waals surface area contributed by atoms with Gasteiger partial charge in [0, 0.05) is 23.8 Å². The Morgan fingerprint density at radius 3 is 2.50 bits per heavy atom. The molecule has 0 saturated carbocycles. The van der Waals surface area contributed by atoms with Crippen LogP contribution in [0.2, 0.25) is 0 Å². The van der Waals surface area contributed by atoms with E-state index >= 15 is 0 Å². The van der Waals surface area contributed by atoms with Gasteiger partial charge in [0.1, 0.15) is 16.7 Å². The minimum Gasteiger partial charge on any atom is -0.497 e. The molecule has 32 heavy (non-hydrogen) atoms. The highest BCUT2D eigenvalue weighted by molar-refractivity contribution is 7.19. The number of thiophene rings is 1. The van der Waals surface area contributed by atoms with Crippen LogP contribution >= 0.6 is 11.3 Å². The van der Waals surface area contributed by atoms with Crippen LogP contribution in [0.5, 0.6) is 5.75 Å². The summed E-state index contributed by atoms with van der Waals surface area (Å²) in [6.07, 6.45) is -0.905. The van der Waals surface area contributed by atoms with Gasteiger partial charge in [-0.25, -0.2) is 4.98 Å². The smallest absolute Gasteiger partial charge is 0.255 e. The van der Waals surface area contributed by atoms with Crippen LogP contribution in [0.15, 0.2) is 60.7 Å². The first-order valence-electron chi connectivity index (χ1n) is 10.1. The number of carbonyl (C=O) groups is 1. The number of aromatic nitrogens is 1. The highest BCUT2D eigenvalue weighted by Crippen LogP contribution is 2.43. The highest BCUT2D eigenvalue weighted by Gasteiger charge is 2.25. The van der Waals surface area contributed by atoms with Crippen molar-refractivity contribution in [3.63, 3.8) is 0 Å². The van der Waals surface area contributed by atoms with Crippen molar-refractivity contribution in [1.29, 1.82) is 0 Å². The Morgan fingerprint density at radius 1 is 1.12 bits per heavy atom. The molecule has 0 aliphatic heterocycles. The van der Waals surface area contributed by atoms with Gasteiger partial charge in [-0.05, 0) is 48.4 Å². The number of nitrogens with one attached hydrogen (secondary N) is 1. The van der Waals surface area contributed by atoms with Crippen molar-refractivity contribution in [3.05, 3.63) is 87.9 Å². The Morgan fingerprint density at radius 2 is 1.84 bits per heavy atom. The van der Waals surface area contributed by atoms with Gasteiger partial charge >= 0.3 is 0 Å². The third kappa shape index (κ3) is 4.36. The van der Waals surface area contributed by atoms with E-state index in [9.17, 15) is 9.90 Å². The zero-order valence-electron chi connectivity index (χ0n) is 18.1. The summed E-state index contributed by atoms with van der Waals surface area (Å²) in [5, 5.41) is 15.0. The lowest BCUT2D eigenvalue weighted by molar-refractivity contribution is 0.102. The zero-order valence-corrected chi connectivity index (χ0v) is 18.9. The largest absolute Gasteiger partial charge is 0.497 e. The van der Waals surface area contributed by atoms with Crippen LogP contribution in [0, 0.1) is 6.92 Å². The number of aliphatic hydroxyl groups excluding tert-OH is 1. The fraction of sp³-hybridized carbons (Fsp3) is 0.200. The summed E-state index contributed by atoms with van der Waals surface area (Å²) < 4.78 is 10.6. The van der Waals surface area contributed by atoms with Crippen molar-refractivity contribution >= 4 is 33.1 Å². The lowest BCUT2D eigenvalue weighted by atomic mass is 10.0. The van der Waals surface area contributed by atoms with E-state index in [0.717, 1.165) is 27.0 Å². The molecule has 0 radical (unpaired) electrons. The van der Waals surface area contributed by atoms with Gasteiger partial charge in [0.25, 0.3) is 5.91 Å². The number of carbonyl (C=O) groups excluding carboxylic acids is 1. The van der Waals surface area contributed by atoms with Gasteiger partial charge in [0.05, 0.1) is 24.3 Å². The van der Waals surface area contributed by atoms with Gasteiger partial charge in [-0.15, -0.1) is 11.3 Å². The average molecular weight is 449 g/mol. The van der Waals surface area contributed by atoms with Crippen molar-refractivity contribution < 1.29 is 19.4 Å². The standard InChI is InChI=1S/C25H24N2O4S/c1-15-13-18(14-30-2)20-21(27-24(29)17-9-11-19(31-3)12-10-17)23(32-25(20)26-15)22(28)16-7-5-4-6-8-16/h4-13,22,28H,14H2,1-3H3,(H,27,29). The Labute approximate surface area is 190 Å². The molecule has 1 atom stereocenters. The van der Waals surface area contributed by atoms with Crippen LogP contribution in [0.1, 0.15) is 38.2 Å². The molecule has 4 aromatic rings. The molecule has 1 amide bonds. The summed E-state index contributed by atoms with van der Waals surface area (Å²) in [5.41, 5.74) is 3.53. The number of nitrogens with zero attached hydrogens (tertiary/aromatic N) is 1. The maximum atomic E-state index is 13.1. The van der Waals surface area contributed by atoms with Gasteiger partial charge in [-0.3, -0.25) is 4.79 Å². The van der Waals surface area contributed by atoms with Crippen LogP contribution in [0.3, 0.4) is 0 Å². The van der Waals surface area contributed by atoms with E-state index in [4.69, 9.17) is 9.47 Å². The van der Waals surface area contributed by atoms with Crippen LogP contribution < -0.4 is 10.1 Å². The number of fused-ring (bicyclic) bond motifs is 1. The number of aryl methyl sites for hydroxylation is 1. The molecule has 0 fully saturated rings. The number of amides is 1. The fourth-order valence-corrected chi connectivity index (χ4v) is 4.87. The van der Waals surface area contributed by atoms with Crippen molar-refractivity contribution in [3.8, 4) is 5.75 Å². The zero-order chi connectivity index (χ0) is 22.7. The number of hydrogen-bond donors (Lipinski definition) is 2. The quantitative estimate of drug-likeness (QED) is 0.411. The first-order chi connectivity index (χ1) is 15.5. The molecule has 2 aromatic carbocycles. The molecule has 0 saturated heterocycles. The fourth-order valence-electron chi connectivity index (χ4n) is 3.63. The molecule has 6 nitrogen and oxygen atoms in total. The maximum absolute atomic E-state index is 13.1. The number of rotatable bonds is 7. The molecule has 2 heterocycles. The van der Waals surface area contributed by atoms with Crippen LogP contribution in [0.25, 0.3) is 10.2 Å². The van der Waals surface area contributed by atoms with Crippen LogP contribution in [0.4, 0.5) is 5.69 Å². The van der Waals surface area contributed by atoms with Crippen LogP contribution in [-0.2, 0) is 11.3 Å². The lowest BCUT2D eigenvalue weighted by Gasteiger charge is -2.14. The Hall–Kier alpha value is -3.26. The van der Waals surface area contributed by atoms with E-state index in [1.807, 2.05) is 43.3 Å². The Balaban J connectivity index is 1.84. The van der Waals surface area contributed by atoms with E-state index in [1.165, 1.54) is 11.3 Å². The van der Waals surface area contributed by atoms with E-state index in [1.54, 1.807) is 38.5 Å². The monoisotopic (exact) mass is 448 g/mol. The minimum atomic E-state index is -0.905. The molecular formula is C25H24N2O4S. The summed E-state index contributed by atoms with van der Waals surface area (Å²) in [5.74, 6) is 0.391. The normalized spacial score (nSPS) is 12.0. The predicted octanol–water partition coefficient (Wildman–Crippen LogP) is 5.09. The summed E-state index contributed by atoms with van der Waals surface area (Å²) in [7, 11) is 3.21. The summed E-state index contributed by atoms with van der Waals surface area (Å²) in [4.78, 5) is 19.2. The van der Waals surface area contributed by atoms with E-state index in [0.29, 0.717) is 28.5 Å². The second-order valence-electron chi connectivity index (χ2n) is 7.37. The number of aliphatic hydroxyl groups is 1. The second-order valence-corrected chi connectivity index (χ2v) is 8.40. The van der Waals surface area contributed by atoms with Crippen molar-refractivity contribution in [2.75, 3.05) is 19.5 Å². The van der Waals surface area contributed by atoms with E-state index in [-0.39, 0.29) is 5.91 Å². The third-order valence-corrected chi connectivity index (χ3v) is 6.29. The Kier molecular flexibility index (Phi) is 6.50. The van der Waals surface area contributed by atoms with Gasteiger partial charge < -0.3 is 19.9 Å². The van der Waals surface area contributed by atoms with Crippen LogP contribution in [-0.4, -0.2) is 30.2 Å². The summed E-state index contributed by atoms with van der Waals surface area (Å²) in [6, 6.07) is 18.2. The number of anilines is 1. The number of methoxy groups -OCH3 is 2. The third-order valence-electron chi connectivity index (χ3n) is 5.15. The Bertz CT molecular complexity index is 1240. The molecule has 2 aromatic heterocycles. The van der Waals surface area contributed by atoms with Gasteiger partial charge in [-0.1, -0.05) is 30.3 Å². The molecule has 0 bridgehead atoms. The minimum absolute atomic E-state index is 0.280. The van der Waals surface area contributed by atoms with Crippen molar-refractivity contribution in [2.24, 2.45) is 0 Å². The number of pyridine rings is 1. The second kappa shape index (κ2) is 9.48. The maximum Gasteiger partial charge on any atom is 0.255 e. The summed E-state index contributed by atoms with van der Waals surface area (Å²) in [6.45, 7) is 2.28. The lowest BCUT2D eigenvalue weighted by Crippen LogP contribution is -2.14. The van der Waals surface area contributed by atoms with Gasteiger partial charge in [-0.2, -0.15) is 0 Å². The van der Waals surface area contributed by atoms with E-state index < -0.39 is 6.10 Å². The molecule has 0 aliphatic rings. The topological polar surface area (TPSA) is 80.7 Å². The molecular weight excluding hydrogens is 424 g/mol. The van der Waals surface area contributed by atoms with Crippen molar-refractivity contribution in [2.45, 2.75) is 19.6 Å². The van der Waals surface area contributed by atoms with Crippen molar-refractivity contribution in [1.82, 2.24) is 4.98 Å². The molecule has 164 valence electrons. The average Bonchev–Trinajstić information content (AvgIpc) is 3.17. The SMILES string of the molecule is COCc1cc(C)nc2sc(C(O)c3ccccc3)c(NC(=O)c3ccc(OC)cc3)c12. The predicted molar refractivity (Wildman–Crippen MR) is 127 cm³/mol. The first-order valence-corrected chi connectivity index (χ1v) is 10.9. The number of hydrogen-bond acceptors (Lipinski definition) is 6.